The summed E-state index contributed by atoms with van der Waals surface area (Å²) in [5.41, 5.74) is -0.681. The van der Waals surface area contributed by atoms with Crippen LogP contribution in [0.2, 0.25) is 0 Å². The largest absolute Gasteiger partial charge is 0.444 e. The number of imide groups is 1. The first-order chi connectivity index (χ1) is 10.2. The zero-order chi connectivity index (χ0) is 16.5. The number of hydroxylamine groups is 2. The SMILES string of the molecule is CC(C)(C)OC(=O)N1CSCC1C(=O)ON1C(=O)CCC1=O. The minimum atomic E-state index is -0.874. The number of hydrogen-bond acceptors (Lipinski definition) is 7. The Hall–Kier alpha value is -1.77. The molecule has 9 heteroatoms. The van der Waals surface area contributed by atoms with Crippen LogP contribution in [0.5, 0.6) is 0 Å². The van der Waals surface area contributed by atoms with Gasteiger partial charge in [-0.3, -0.25) is 14.5 Å². The average molecular weight is 330 g/mol. The second kappa shape index (κ2) is 6.15. The summed E-state index contributed by atoms with van der Waals surface area (Å²) in [6.07, 6.45) is -0.568. The van der Waals surface area contributed by atoms with Crippen LogP contribution in [0.4, 0.5) is 4.79 Å². The van der Waals surface area contributed by atoms with Crippen LogP contribution in [0.25, 0.3) is 0 Å². The number of thioether (sulfide) groups is 1. The molecule has 122 valence electrons. The van der Waals surface area contributed by atoms with Crippen molar-refractivity contribution in [3.8, 4) is 0 Å². The molecule has 2 aliphatic rings. The van der Waals surface area contributed by atoms with Crippen LogP contribution >= 0.6 is 11.8 Å². The van der Waals surface area contributed by atoms with Crippen LogP contribution in [-0.2, 0) is 24.0 Å². The van der Waals surface area contributed by atoms with Gasteiger partial charge in [0.1, 0.15) is 11.6 Å². The van der Waals surface area contributed by atoms with E-state index >= 15 is 0 Å². The number of nitrogens with zero attached hydrogens (tertiary/aromatic N) is 2. The van der Waals surface area contributed by atoms with E-state index in [1.807, 2.05) is 0 Å². The molecular weight excluding hydrogens is 312 g/mol. The van der Waals surface area contributed by atoms with E-state index in [1.165, 1.54) is 16.7 Å². The molecule has 1 unspecified atom stereocenters. The van der Waals surface area contributed by atoms with Crippen LogP contribution in [-0.4, -0.2) is 57.1 Å². The highest BCUT2D eigenvalue weighted by molar-refractivity contribution is 7.99. The molecule has 22 heavy (non-hydrogen) atoms. The summed E-state index contributed by atoms with van der Waals surface area (Å²) in [6, 6.07) is -0.874. The Kier molecular flexibility index (Phi) is 4.64. The van der Waals surface area contributed by atoms with Crippen molar-refractivity contribution in [2.45, 2.75) is 45.3 Å². The third-order valence-corrected chi connectivity index (χ3v) is 3.98. The fraction of sp³-hybridized carbons (Fsp3) is 0.692. The number of rotatable bonds is 2. The summed E-state index contributed by atoms with van der Waals surface area (Å²) >= 11 is 1.37. The van der Waals surface area contributed by atoms with Gasteiger partial charge in [-0.25, -0.2) is 9.59 Å². The topological polar surface area (TPSA) is 93.2 Å². The maximum Gasteiger partial charge on any atom is 0.411 e. The molecule has 0 aromatic rings. The van der Waals surface area contributed by atoms with Crippen LogP contribution in [0.15, 0.2) is 0 Å². The Bertz CT molecular complexity index is 499. The van der Waals surface area contributed by atoms with E-state index in [1.54, 1.807) is 20.8 Å². The summed E-state index contributed by atoms with van der Waals surface area (Å²) in [6.45, 7) is 5.18. The zero-order valence-electron chi connectivity index (χ0n) is 12.7. The average Bonchev–Trinajstić information content (AvgIpc) is 2.98. The van der Waals surface area contributed by atoms with Crippen LogP contribution in [0, 0.1) is 0 Å². The molecule has 2 heterocycles. The number of carbonyl (C=O) groups is 4. The highest BCUT2D eigenvalue weighted by Gasteiger charge is 2.41. The third kappa shape index (κ3) is 3.70. The molecule has 0 bridgehead atoms. The van der Waals surface area contributed by atoms with Gasteiger partial charge in [0.15, 0.2) is 0 Å². The first-order valence-corrected chi connectivity index (χ1v) is 7.99. The minimum Gasteiger partial charge on any atom is -0.444 e. The van der Waals surface area contributed by atoms with E-state index in [-0.39, 0.29) is 18.7 Å². The lowest BCUT2D eigenvalue weighted by molar-refractivity contribution is -0.200. The molecule has 0 saturated carbocycles. The second-order valence-electron chi connectivity index (χ2n) is 5.96. The van der Waals surface area contributed by atoms with Crippen molar-refractivity contribution in [2.24, 2.45) is 0 Å². The normalized spacial score (nSPS) is 22.2. The molecule has 1 atom stereocenters. The van der Waals surface area contributed by atoms with Gasteiger partial charge in [-0.2, -0.15) is 0 Å². The van der Waals surface area contributed by atoms with Gasteiger partial charge < -0.3 is 9.57 Å². The predicted molar refractivity (Wildman–Crippen MR) is 76.4 cm³/mol. The number of ether oxygens (including phenoxy) is 1. The van der Waals surface area contributed by atoms with Gasteiger partial charge in [-0.15, -0.1) is 16.8 Å². The molecule has 0 aromatic heterocycles. The maximum absolute atomic E-state index is 12.1. The zero-order valence-corrected chi connectivity index (χ0v) is 13.5. The van der Waals surface area contributed by atoms with Gasteiger partial charge in [0, 0.05) is 18.6 Å². The Morgan fingerprint density at radius 1 is 1.18 bits per heavy atom. The second-order valence-corrected chi connectivity index (χ2v) is 6.96. The quantitative estimate of drug-likeness (QED) is 0.694. The molecule has 2 fully saturated rings. The van der Waals surface area contributed by atoms with Crippen molar-refractivity contribution in [2.75, 3.05) is 11.6 Å². The van der Waals surface area contributed by atoms with Crippen molar-refractivity contribution in [1.29, 1.82) is 0 Å². The lowest BCUT2D eigenvalue weighted by Gasteiger charge is -2.27. The molecular formula is C13H18N2O6S. The van der Waals surface area contributed by atoms with Gasteiger partial charge in [0.25, 0.3) is 11.8 Å². The van der Waals surface area contributed by atoms with E-state index < -0.39 is 35.5 Å². The van der Waals surface area contributed by atoms with Crippen molar-refractivity contribution < 1.29 is 28.8 Å². The molecule has 0 aliphatic carbocycles. The Labute approximate surface area is 132 Å². The van der Waals surface area contributed by atoms with Crippen molar-refractivity contribution in [3.05, 3.63) is 0 Å². The third-order valence-electron chi connectivity index (χ3n) is 2.97. The molecule has 2 saturated heterocycles. The summed E-state index contributed by atoms with van der Waals surface area (Å²) in [4.78, 5) is 53.2. The fourth-order valence-corrected chi connectivity index (χ4v) is 3.07. The highest BCUT2D eigenvalue weighted by atomic mass is 32.2. The van der Waals surface area contributed by atoms with Crippen molar-refractivity contribution >= 4 is 35.6 Å². The minimum absolute atomic E-state index is 0.0291. The highest BCUT2D eigenvalue weighted by Crippen LogP contribution is 2.25. The van der Waals surface area contributed by atoms with Gasteiger partial charge in [-0.1, -0.05) is 0 Å². The molecule has 0 radical (unpaired) electrons. The Morgan fingerprint density at radius 2 is 1.77 bits per heavy atom. The fourth-order valence-electron chi connectivity index (χ4n) is 1.95. The molecule has 0 spiro atoms. The standard InChI is InChI=1S/C13H18N2O6S/c1-13(2,3)20-12(19)14-7-22-6-8(14)11(18)21-15-9(16)4-5-10(15)17/h8H,4-7H2,1-3H3. The summed E-state index contributed by atoms with van der Waals surface area (Å²) in [5.74, 6) is -1.29. The number of amides is 3. The van der Waals surface area contributed by atoms with Crippen LogP contribution in [0.1, 0.15) is 33.6 Å². The maximum atomic E-state index is 12.1. The summed E-state index contributed by atoms with van der Waals surface area (Å²) < 4.78 is 5.23. The van der Waals surface area contributed by atoms with E-state index in [0.717, 1.165) is 0 Å². The first kappa shape index (κ1) is 16.6. The predicted octanol–water partition coefficient (Wildman–Crippen LogP) is 0.904. The van der Waals surface area contributed by atoms with Crippen LogP contribution in [0.3, 0.4) is 0 Å². The summed E-state index contributed by atoms with van der Waals surface area (Å²) in [5, 5.41) is 0.485. The van der Waals surface area contributed by atoms with Crippen molar-refractivity contribution in [1.82, 2.24) is 9.96 Å². The van der Waals surface area contributed by atoms with E-state index in [9.17, 15) is 19.2 Å². The van der Waals surface area contributed by atoms with Gasteiger partial charge >= 0.3 is 12.1 Å². The van der Waals surface area contributed by atoms with Gasteiger partial charge in [-0.05, 0) is 20.8 Å². The molecule has 0 N–H and O–H groups in total. The van der Waals surface area contributed by atoms with Gasteiger partial charge in [0.2, 0.25) is 0 Å². The Morgan fingerprint density at radius 3 is 2.32 bits per heavy atom. The van der Waals surface area contributed by atoms with E-state index in [0.29, 0.717) is 10.8 Å². The van der Waals surface area contributed by atoms with E-state index in [4.69, 9.17) is 9.57 Å². The first-order valence-electron chi connectivity index (χ1n) is 6.84. The number of carbonyl (C=O) groups excluding carboxylic acids is 4. The lowest BCUT2D eigenvalue weighted by Crippen LogP contribution is -2.47. The Balaban J connectivity index is 2.00. The van der Waals surface area contributed by atoms with E-state index in [2.05, 4.69) is 0 Å². The summed E-state index contributed by atoms with van der Waals surface area (Å²) in [7, 11) is 0. The smallest absolute Gasteiger partial charge is 0.411 e. The monoisotopic (exact) mass is 330 g/mol. The van der Waals surface area contributed by atoms with Gasteiger partial charge in [0.05, 0.1) is 5.88 Å². The lowest BCUT2D eigenvalue weighted by atomic mass is 10.2. The van der Waals surface area contributed by atoms with Crippen LogP contribution < -0.4 is 0 Å². The van der Waals surface area contributed by atoms with Crippen molar-refractivity contribution in [3.63, 3.8) is 0 Å². The number of hydrogen-bond donors (Lipinski definition) is 0. The molecule has 3 amide bonds. The molecule has 0 aromatic carbocycles. The molecule has 2 aliphatic heterocycles. The molecule has 8 nitrogen and oxygen atoms in total. The molecule has 2 rings (SSSR count).